The van der Waals surface area contributed by atoms with Crippen molar-refractivity contribution in [2.24, 2.45) is 0 Å². The second kappa shape index (κ2) is 6.29. The number of aliphatic carboxylic acids is 1. The van der Waals surface area contributed by atoms with Gasteiger partial charge in [0.1, 0.15) is 0 Å². The first-order valence-electron chi connectivity index (χ1n) is 6.04. The summed E-state index contributed by atoms with van der Waals surface area (Å²) < 4.78 is 0. The lowest BCUT2D eigenvalue weighted by Crippen LogP contribution is -2.12. The molecule has 20 heavy (non-hydrogen) atoms. The Kier molecular flexibility index (Phi) is 4.46. The number of hydrogen-bond acceptors (Lipinski definition) is 5. The lowest BCUT2D eigenvalue weighted by molar-refractivity contribution is -0.137. The van der Waals surface area contributed by atoms with E-state index in [1.165, 1.54) is 11.3 Å². The van der Waals surface area contributed by atoms with Gasteiger partial charge in [0.25, 0.3) is 5.91 Å². The van der Waals surface area contributed by atoms with Gasteiger partial charge in [0.05, 0.1) is 5.69 Å². The largest absolute Gasteiger partial charge is 0.481 e. The molecule has 0 aliphatic heterocycles. The highest BCUT2D eigenvalue weighted by atomic mass is 32.1. The summed E-state index contributed by atoms with van der Waals surface area (Å²) >= 11 is 1.31. The monoisotopic (exact) mass is 294 g/mol. The van der Waals surface area contributed by atoms with E-state index >= 15 is 0 Å². The van der Waals surface area contributed by atoms with Crippen LogP contribution in [0.15, 0.2) is 11.4 Å². The average molecular weight is 294 g/mol. The Morgan fingerprint density at radius 3 is 2.95 bits per heavy atom. The molecule has 2 heterocycles. The maximum Gasteiger partial charge on any atom is 0.303 e. The summed E-state index contributed by atoms with van der Waals surface area (Å²) in [5, 5.41) is 20.1. The predicted molar refractivity (Wildman–Crippen MR) is 74.0 cm³/mol. The predicted octanol–water partition coefficient (Wildman–Crippen LogP) is 1.83. The fraction of sp³-hybridized carbons (Fsp3) is 0.333. The molecule has 7 nitrogen and oxygen atoms in total. The zero-order valence-corrected chi connectivity index (χ0v) is 11.7. The van der Waals surface area contributed by atoms with Crippen molar-refractivity contribution in [2.45, 2.75) is 26.2 Å². The number of rotatable bonds is 6. The molecule has 2 aromatic rings. The second-order valence-corrected chi connectivity index (χ2v) is 5.14. The highest BCUT2D eigenvalue weighted by molar-refractivity contribution is 7.13. The van der Waals surface area contributed by atoms with Gasteiger partial charge in [0.15, 0.2) is 10.8 Å². The Hall–Kier alpha value is -2.22. The summed E-state index contributed by atoms with van der Waals surface area (Å²) in [4.78, 5) is 26.5. The third kappa shape index (κ3) is 3.89. The van der Waals surface area contributed by atoms with Gasteiger partial charge in [-0.1, -0.05) is 0 Å². The Morgan fingerprint density at radius 1 is 1.50 bits per heavy atom. The van der Waals surface area contributed by atoms with Crippen molar-refractivity contribution in [2.75, 3.05) is 5.32 Å². The molecular formula is C12H14N4O3S. The fourth-order valence-corrected chi connectivity index (χ4v) is 2.34. The third-order valence-corrected chi connectivity index (χ3v) is 3.34. The number of anilines is 1. The SMILES string of the molecule is Cc1cc(C(=O)Nc2nc(CCCC(=O)O)cs2)n[nH]1. The lowest BCUT2D eigenvalue weighted by Gasteiger charge is -1.97. The van der Waals surface area contributed by atoms with E-state index < -0.39 is 5.97 Å². The third-order valence-electron chi connectivity index (χ3n) is 2.53. The second-order valence-electron chi connectivity index (χ2n) is 4.28. The van der Waals surface area contributed by atoms with Gasteiger partial charge >= 0.3 is 5.97 Å². The maximum atomic E-state index is 11.8. The molecule has 1 amide bonds. The molecule has 0 saturated carbocycles. The minimum Gasteiger partial charge on any atom is -0.481 e. The van der Waals surface area contributed by atoms with E-state index in [2.05, 4.69) is 20.5 Å². The number of H-pyrrole nitrogens is 1. The van der Waals surface area contributed by atoms with E-state index in [0.717, 1.165) is 11.4 Å². The molecule has 106 valence electrons. The van der Waals surface area contributed by atoms with Crippen LogP contribution in [0, 0.1) is 6.92 Å². The Labute approximate surface area is 119 Å². The van der Waals surface area contributed by atoms with Crippen LogP contribution >= 0.6 is 11.3 Å². The summed E-state index contributed by atoms with van der Waals surface area (Å²) in [5.74, 6) is -1.14. The summed E-state index contributed by atoms with van der Waals surface area (Å²) in [6, 6.07) is 1.65. The van der Waals surface area contributed by atoms with Crippen molar-refractivity contribution in [3.63, 3.8) is 0 Å². The number of nitrogens with zero attached hydrogens (tertiary/aromatic N) is 2. The van der Waals surface area contributed by atoms with E-state index in [-0.39, 0.29) is 12.3 Å². The number of aromatic nitrogens is 3. The first kappa shape index (κ1) is 14.2. The van der Waals surface area contributed by atoms with Gasteiger partial charge in [-0.2, -0.15) is 5.10 Å². The average Bonchev–Trinajstić information content (AvgIpc) is 2.98. The number of nitrogens with one attached hydrogen (secondary N) is 2. The van der Waals surface area contributed by atoms with Gasteiger partial charge in [-0.3, -0.25) is 20.0 Å². The molecule has 0 radical (unpaired) electrons. The number of carboxylic acid groups (broad SMARTS) is 1. The first-order chi connectivity index (χ1) is 9.54. The minimum absolute atomic E-state index is 0.117. The Balaban J connectivity index is 1.89. The molecule has 2 rings (SSSR count). The molecule has 0 spiro atoms. The smallest absolute Gasteiger partial charge is 0.303 e. The molecule has 0 aliphatic rings. The molecule has 0 aromatic carbocycles. The summed E-state index contributed by atoms with van der Waals surface area (Å²) in [6.07, 6.45) is 1.23. The number of aromatic amines is 1. The zero-order valence-electron chi connectivity index (χ0n) is 10.8. The van der Waals surface area contributed by atoms with Crippen molar-refractivity contribution in [1.82, 2.24) is 15.2 Å². The zero-order chi connectivity index (χ0) is 14.5. The molecule has 0 bridgehead atoms. The van der Waals surface area contributed by atoms with Gasteiger partial charge in [-0.05, 0) is 25.8 Å². The van der Waals surface area contributed by atoms with Crippen molar-refractivity contribution in [3.05, 3.63) is 28.5 Å². The molecule has 0 unspecified atom stereocenters. The van der Waals surface area contributed by atoms with Crippen molar-refractivity contribution in [3.8, 4) is 0 Å². The van der Waals surface area contributed by atoms with Crippen LogP contribution in [-0.4, -0.2) is 32.2 Å². The van der Waals surface area contributed by atoms with Crippen LogP contribution < -0.4 is 5.32 Å². The van der Waals surface area contributed by atoms with Gasteiger partial charge in [0, 0.05) is 17.5 Å². The van der Waals surface area contributed by atoms with Crippen molar-refractivity contribution < 1.29 is 14.7 Å². The topological polar surface area (TPSA) is 108 Å². The van der Waals surface area contributed by atoms with E-state index in [1.54, 1.807) is 6.07 Å². The van der Waals surface area contributed by atoms with Crippen LogP contribution in [0.2, 0.25) is 0 Å². The fourth-order valence-electron chi connectivity index (χ4n) is 1.60. The van der Waals surface area contributed by atoms with Crippen LogP contribution in [0.25, 0.3) is 0 Å². The number of carbonyl (C=O) groups is 2. The van der Waals surface area contributed by atoms with Gasteiger partial charge in [-0.25, -0.2) is 4.98 Å². The molecule has 0 aliphatic carbocycles. The van der Waals surface area contributed by atoms with Crippen molar-refractivity contribution >= 4 is 28.3 Å². The molecule has 0 saturated heterocycles. The summed E-state index contributed by atoms with van der Waals surface area (Å²) in [6.45, 7) is 1.81. The number of thiazole rings is 1. The molecule has 8 heteroatoms. The van der Waals surface area contributed by atoms with Gasteiger partial charge < -0.3 is 5.11 Å². The summed E-state index contributed by atoms with van der Waals surface area (Å²) in [7, 11) is 0. The highest BCUT2D eigenvalue weighted by Gasteiger charge is 2.11. The molecular weight excluding hydrogens is 280 g/mol. The Morgan fingerprint density at radius 2 is 2.30 bits per heavy atom. The van der Waals surface area contributed by atoms with Crippen LogP contribution in [-0.2, 0) is 11.2 Å². The van der Waals surface area contributed by atoms with Crippen LogP contribution in [0.3, 0.4) is 0 Å². The van der Waals surface area contributed by atoms with Crippen LogP contribution in [0.4, 0.5) is 5.13 Å². The highest BCUT2D eigenvalue weighted by Crippen LogP contribution is 2.17. The number of aryl methyl sites for hydroxylation is 2. The standard InChI is InChI=1S/C12H14N4O3S/c1-7-5-9(16-15-7)11(19)14-12-13-8(6-20-12)3-2-4-10(17)18/h5-6H,2-4H2,1H3,(H,15,16)(H,17,18)(H,13,14,19). The molecule has 0 atom stereocenters. The van der Waals surface area contributed by atoms with Crippen LogP contribution in [0.5, 0.6) is 0 Å². The van der Waals surface area contributed by atoms with E-state index in [4.69, 9.17) is 5.11 Å². The van der Waals surface area contributed by atoms with Crippen molar-refractivity contribution in [1.29, 1.82) is 0 Å². The maximum absolute atomic E-state index is 11.8. The van der Waals surface area contributed by atoms with E-state index in [0.29, 0.717) is 23.7 Å². The van der Waals surface area contributed by atoms with E-state index in [1.807, 2.05) is 12.3 Å². The van der Waals surface area contributed by atoms with E-state index in [9.17, 15) is 9.59 Å². The number of carbonyl (C=O) groups excluding carboxylic acids is 1. The minimum atomic E-state index is -0.817. The first-order valence-corrected chi connectivity index (χ1v) is 6.92. The summed E-state index contributed by atoms with van der Waals surface area (Å²) in [5.41, 5.74) is 1.90. The number of amides is 1. The Bertz CT molecular complexity index is 620. The normalized spacial score (nSPS) is 10.4. The molecule has 0 fully saturated rings. The van der Waals surface area contributed by atoms with Gasteiger partial charge in [-0.15, -0.1) is 11.3 Å². The quantitative estimate of drug-likeness (QED) is 0.753. The number of hydrogen-bond donors (Lipinski definition) is 3. The lowest BCUT2D eigenvalue weighted by atomic mass is 10.2. The molecule has 2 aromatic heterocycles. The molecule has 3 N–H and O–H groups in total. The number of carboxylic acids is 1. The van der Waals surface area contributed by atoms with Gasteiger partial charge in [0.2, 0.25) is 0 Å². The van der Waals surface area contributed by atoms with Crippen LogP contribution in [0.1, 0.15) is 34.7 Å².